The summed E-state index contributed by atoms with van der Waals surface area (Å²) in [5.41, 5.74) is 1.83. The first kappa shape index (κ1) is 17.7. The Kier molecular flexibility index (Phi) is 5.59. The number of carboxylic acids is 1. The molecule has 0 fully saturated rings. The van der Waals surface area contributed by atoms with Crippen molar-refractivity contribution in [2.24, 2.45) is 0 Å². The maximum absolute atomic E-state index is 12.3. The molecule has 0 aliphatic heterocycles. The van der Waals surface area contributed by atoms with Gasteiger partial charge in [0.25, 0.3) is 0 Å². The van der Waals surface area contributed by atoms with Crippen LogP contribution >= 0.6 is 24.4 Å². The normalized spacial score (nSPS) is 13.0. The third-order valence-corrected chi connectivity index (χ3v) is 5.03. The van der Waals surface area contributed by atoms with Gasteiger partial charge in [0.1, 0.15) is 11.9 Å². The monoisotopic (exact) mass is 353 g/mol. The van der Waals surface area contributed by atoms with Gasteiger partial charge in [-0.25, -0.2) is 9.78 Å². The van der Waals surface area contributed by atoms with Crippen LogP contribution in [-0.2, 0) is 15.3 Å². The zero-order chi connectivity index (χ0) is 17.0. The number of thiol groups is 1. The van der Waals surface area contributed by atoms with Gasteiger partial charge >= 0.3 is 5.97 Å². The number of imidazole rings is 1. The number of carbonyl (C=O) groups is 2. The highest BCUT2D eigenvalue weighted by molar-refractivity contribution is 8.00. The first-order valence-corrected chi connectivity index (χ1v) is 8.67. The Bertz CT molecular complexity index is 682. The van der Waals surface area contributed by atoms with E-state index < -0.39 is 16.8 Å². The fourth-order valence-corrected chi connectivity index (χ4v) is 2.98. The molecule has 2 aromatic rings. The van der Waals surface area contributed by atoms with E-state index in [0.717, 1.165) is 16.9 Å². The molecule has 0 spiro atoms. The first-order chi connectivity index (χ1) is 10.8. The molecular weight excluding hydrogens is 334 g/mol. The fourth-order valence-electron chi connectivity index (χ4n) is 1.91. The summed E-state index contributed by atoms with van der Waals surface area (Å²) in [5.74, 6) is -0.0772. The lowest BCUT2D eigenvalue weighted by atomic mass is 10.2. The number of amides is 1. The molecule has 0 aliphatic rings. The average molecular weight is 353 g/mol. The smallest absolute Gasteiger partial charge is 0.327 e. The van der Waals surface area contributed by atoms with Crippen molar-refractivity contribution in [3.05, 3.63) is 30.1 Å². The lowest BCUT2D eigenvalue weighted by Crippen LogP contribution is -2.49. The molecule has 0 saturated carbocycles. The molecule has 1 aromatic carbocycles. The second-order valence-electron chi connectivity index (χ2n) is 5.55. The van der Waals surface area contributed by atoms with E-state index in [1.807, 2.05) is 24.3 Å². The Morgan fingerprint density at radius 1 is 1.43 bits per heavy atom. The standard InChI is InChI=1S/C15H19N3O3S2/c1-15(2,14(21)18-11(7-22)13(19)20)23-8-12-16-9-5-3-4-6-10(9)17-12/h3-6,11,22H,7-8H2,1-2H3,(H,16,17)(H,18,21)(H,19,20)/t11-/m0/s1. The highest BCUT2D eigenvalue weighted by Crippen LogP contribution is 2.28. The number of rotatable bonds is 7. The van der Waals surface area contributed by atoms with E-state index in [4.69, 9.17) is 5.11 Å². The van der Waals surface area contributed by atoms with Crippen molar-refractivity contribution in [2.45, 2.75) is 30.4 Å². The van der Waals surface area contributed by atoms with Crippen molar-refractivity contribution >= 4 is 47.3 Å². The van der Waals surface area contributed by atoms with Gasteiger partial charge in [-0.1, -0.05) is 12.1 Å². The van der Waals surface area contributed by atoms with Crippen LogP contribution < -0.4 is 5.32 Å². The third kappa shape index (κ3) is 4.42. The number of aliphatic carboxylic acids is 1. The number of fused-ring (bicyclic) bond motifs is 1. The maximum atomic E-state index is 12.3. The number of aromatic nitrogens is 2. The van der Waals surface area contributed by atoms with E-state index >= 15 is 0 Å². The molecule has 2 rings (SSSR count). The number of hydrogen-bond acceptors (Lipinski definition) is 5. The largest absolute Gasteiger partial charge is 0.480 e. The Labute approximate surface area is 143 Å². The minimum atomic E-state index is -1.09. The van der Waals surface area contributed by atoms with Crippen molar-refractivity contribution in [3.8, 4) is 0 Å². The van der Waals surface area contributed by atoms with Crippen LogP contribution in [0, 0.1) is 0 Å². The van der Waals surface area contributed by atoms with Crippen molar-refractivity contribution in [1.82, 2.24) is 15.3 Å². The van der Waals surface area contributed by atoms with Gasteiger partial charge in [0.2, 0.25) is 5.91 Å². The first-order valence-electron chi connectivity index (χ1n) is 7.05. The summed E-state index contributed by atoms with van der Waals surface area (Å²) in [6.07, 6.45) is 0. The van der Waals surface area contributed by atoms with Gasteiger partial charge in [-0.05, 0) is 26.0 Å². The van der Waals surface area contributed by atoms with Crippen LogP contribution in [0.2, 0.25) is 0 Å². The summed E-state index contributed by atoms with van der Waals surface area (Å²) in [5, 5.41) is 11.5. The Morgan fingerprint density at radius 2 is 2.13 bits per heavy atom. The summed E-state index contributed by atoms with van der Waals surface area (Å²) in [6.45, 7) is 3.51. The Balaban J connectivity index is 1.99. The highest BCUT2D eigenvalue weighted by atomic mass is 32.2. The van der Waals surface area contributed by atoms with E-state index in [0.29, 0.717) is 5.75 Å². The highest BCUT2D eigenvalue weighted by Gasteiger charge is 2.31. The number of H-pyrrole nitrogens is 1. The zero-order valence-electron chi connectivity index (χ0n) is 12.9. The molecule has 1 amide bonds. The van der Waals surface area contributed by atoms with Crippen LogP contribution in [0.4, 0.5) is 0 Å². The van der Waals surface area contributed by atoms with Crippen LogP contribution in [0.3, 0.4) is 0 Å². The quantitative estimate of drug-likeness (QED) is 0.572. The van der Waals surface area contributed by atoms with Crippen LogP contribution in [-0.4, -0.2) is 43.5 Å². The van der Waals surface area contributed by atoms with Gasteiger partial charge in [0.05, 0.1) is 21.5 Å². The Hall–Kier alpha value is -1.67. The summed E-state index contributed by atoms with van der Waals surface area (Å²) in [4.78, 5) is 30.9. The average Bonchev–Trinajstić information content (AvgIpc) is 2.93. The lowest BCUT2D eigenvalue weighted by molar-refractivity contribution is -0.141. The summed E-state index contributed by atoms with van der Waals surface area (Å²) >= 11 is 5.34. The number of thioether (sulfide) groups is 1. The number of hydrogen-bond donors (Lipinski definition) is 4. The third-order valence-electron chi connectivity index (χ3n) is 3.34. The number of nitrogens with one attached hydrogen (secondary N) is 2. The van der Waals surface area contributed by atoms with Gasteiger partial charge < -0.3 is 15.4 Å². The van der Waals surface area contributed by atoms with E-state index in [1.165, 1.54) is 11.8 Å². The lowest BCUT2D eigenvalue weighted by Gasteiger charge is -2.24. The van der Waals surface area contributed by atoms with E-state index in [1.54, 1.807) is 13.8 Å². The summed E-state index contributed by atoms with van der Waals surface area (Å²) in [6, 6.07) is 6.72. The van der Waals surface area contributed by atoms with Crippen LogP contribution in [0.15, 0.2) is 24.3 Å². The molecule has 6 nitrogen and oxygen atoms in total. The molecule has 1 aromatic heterocycles. The predicted molar refractivity (Wildman–Crippen MR) is 94.9 cm³/mol. The van der Waals surface area contributed by atoms with Crippen LogP contribution in [0.25, 0.3) is 11.0 Å². The molecular formula is C15H19N3O3S2. The van der Waals surface area contributed by atoms with Crippen LogP contribution in [0.1, 0.15) is 19.7 Å². The van der Waals surface area contributed by atoms with Crippen LogP contribution in [0.5, 0.6) is 0 Å². The van der Waals surface area contributed by atoms with Crippen molar-refractivity contribution in [3.63, 3.8) is 0 Å². The number of aromatic amines is 1. The SMILES string of the molecule is CC(C)(SCc1nc2ccccc2[nH]1)C(=O)N[C@@H](CS)C(=O)O. The van der Waals surface area contributed by atoms with Crippen molar-refractivity contribution in [2.75, 3.05) is 5.75 Å². The minimum absolute atomic E-state index is 0.0470. The molecule has 3 N–H and O–H groups in total. The van der Waals surface area contributed by atoms with Gasteiger partial charge in [0, 0.05) is 5.75 Å². The molecule has 1 atom stereocenters. The molecule has 0 aliphatic carbocycles. The van der Waals surface area contributed by atoms with E-state index in [2.05, 4.69) is 27.9 Å². The molecule has 124 valence electrons. The molecule has 0 bridgehead atoms. The topological polar surface area (TPSA) is 95.1 Å². The fraction of sp³-hybridized carbons (Fsp3) is 0.400. The summed E-state index contributed by atoms with van der Waals surface area (Å²) in [7, 11) is 0. The number of para-hydroxylation sites is 2. The van der Waals surface area contributed by atoms with Gasteiger partial charge in [-0.15, -0.1) is 11.8 Å². The van der Waals surface area contributed by atoms with Gasteiger partial charge in [-0.3, -0.25) is 4.79 Å². The van der Waals surface area contributed by atoms with Crippen molar-refractivity contribution < 1.29 is 14.7 Å². The molecule has 1 heterocycles. The van der Waals surface area contributed by atoms with Crippen molar-refractivity contribution in [1.29, 1.82) is 0 Å². The molecule has 8 heteroatoms. The summed E-state index contributed by atoms with van der Waals surface area (Å²) < 4.78 is -0.782. The maximum Gasteiger partial charge on any atom is 0.327 e. The number of carboxylic acid groups (broad SMARTS) is 1. The predicted octanol–water partition coefficient (Wildman–Crippen LogP) is 2.07. The second kappa shape index (κ2) is 7.27. The molecule has 0 radical (unpaired) electrons. The minimum Gasteiger partial charge on any atom is -0.480 e. The number of carbonyl (C=O) groups excluding carboxylic acids is 1. The van der Waals surface area contributed by atoms with E-state index in [9.17, 15) is 9.59 Å². The molecule has 0 unspecified atom stereocenters. The number of nitrogens with zero attached hydrogens (tertiary/aromatic N) is 1. The number of benzene rings is 1. The van der Waals surface area contributed by atoms with Gasteiger partial charge in [-0.2, -0.15) is 12.6 Å². The molecule has 0 saturated heterocycles. The van der Waals surface area contributed by atoms with Gasteiger partial charge in [0.15, 0.2) is 0 Å². The second-order valence-corrected chi connectivity index (χ2v) is 7.51. The molecule has 23 heavy (non-hydrogen) atoms. The zero-order valence-corrected chi connectivity index (χ0v) is 14.6. The van der Waals surface area contributed by atoms with E-state index in [-0.39, 0.29) is 11.7 Å². The Morgan fingerprint density at radius 3 is 2.74 bits per heavy atom.